The van der Waals surface area contributed by atoms with Gasteiger partial charge in [-0.1, -0.05) is 17.7 Å². The molecule has 0 radical (unpaired) electrons. The fourth-order valence-corrected chi connectivity index (χ4v) is 5.74. The Balaban J connectivity index is 1.79. The third-order valence-electron chi connectivity index (χ3n) is 5.03. The lowest BCUT2D eigenvalue weighted by Crippen LogP contribution is -2.54. The Hall–Kier alpha value is -1.28. The van der Waals surface area contributed by atoms with Crippen molar-refractivity contribution in [1.82, 2.24) is 5.06 Å². The number of cyclic esters (lactones) is 1. The van der Waals surface area contributed by atoms with Gasteiger partial charge in [-0.15, -0.1) is 0 Å². The molecule has 1 unspecified atom stereocenters. The van der Waals surface area contributed by atoms with Crippen molar-refractivity contribution >= 4 is 16.8 Å². The van der Waals surface area contributed by atoms with Crippen LogP contribution in [0.2, 0.25) is 0 Å². The fourth-order valence-electron chi connectivity index (χ4n) is 3.92. The molecule has 0 bridgehead atoms. The molecule has 3 heterocycles. The SMILES string of the molecule is CCO[C@H]1OC(=O)[C@@]2(S(=O)c3ccc(C)cc3)[C@@H]1ON1CCC[C@H]12. The average molecular weight is 351 g/mol. The molecule has 0 amide bonds. The van der Waals surface area contributed by atoms with Gasteiger partial charge in [0, 0.05) is 18.0 Å². The molecular weight excluding hydrogens is 330 g/mol. The number of aryl methyl sites for hydroxylation is 1. The Morgan fingerprint density at radius 2 is 2.12 bits per heavy atom. The van der Waals surface area contributed by atoms with E-state index >= 15 is 0 Å². The molecule has 7 heteroatoms. The standard InChI is InChI=1S/C17H21NO5S/c1-3-21-15-14-17(16(19)22-15,13-5-4-10-18(13)23-14)24(20)12-8-6-11(2)7-9-12/h6-9,13-15H,3-5,10H2,1-2H3/t13-,14+,15-,17-,24?/m0/s1. The molecule has 0 N–H and O–H groups in total. The maximum absolute atomic E-state index is 13.5. The van der Waals surface area contributed by atoms with Crippen LogP contribution in [0.3, 0.4) is 0 Å². The molecular formula is C17H21NO5S. The summed E-state index contributed by atoms with van der Waals surface area (Å²) in [4.78, 5) is 19.5. The molecule has 3 aliphatic rings. The van der Waals surface area contributed by atoms with Crippen LogP contribution < -0.4 is 0 Å². The molecule has 0 aliphatic carbocycles. The first kappa shape index (κ1) is 16.2. The van der Waals surface area contributed by atoms with Gasteiger partial charge in [-0.05, 0) is 38.8 Å². The van der Waals surface area contributed by atoms with Crippen molar-refractivity contribution in [1.29, 1.82) is 0 Å². The Labute approximate surface area is 143 Å². The number of carbonyl (C=O) groups excluding carboxylic acids is 1. The molecule has 0 spiro atoms. The van der Waals surface area contributed by atoms with Gasteiger partial charge in [0.15, 0.2) is 10.9 Å². The predicted octanol–water partition coefficient (Wildman–Crippen LogP) is 1.54. The van der Waals surface area contributed by atoms with Crippen molar-refractivity contribution in [3.63, 3.8) is 0 Å². The highest BCUT2D eigenvalue weighted by atomic mass is 32.2. The van der Waals surface area contributed by atoms with Gasteiger partial charge in [-0.25, -0.2) is 0 Å². The second kappa shape index (κ2) is 5.91. The van der Waals surface area contributed by atoms with E-state index in [9.17, 15) is 9.00 Å². The first-order valence-electron chi connectivity index (χ1n) is 8.33. The van der Waals surface area contributed by atoms with E-state index in [0.717, 1.165) is 24.9 Å². The van der Waals surface area contributed by atoms with Crippen LogP contribution in [0.1, 0.15) is 25.3 Å². The molecule has 5 atom stereocenters. The molecule has 24 heavy (non-hydrogen) atoms. The number of esters is 1. The highest BCUT2D eigenvalue weighted by Crippen LogP contribution is 2.50. The smallest absolute Gasteiger partial charge is 0.332 e. The predicted molar refractivity (Wildman–Crippen MR) is 86.4 cm³/mol. The lowest BCUT2D eigenvalue weighted by atomic mass is 9.94. The molecule has 4 rings (SSSR count). The van der Waals surface area contributed by atoms with E-state index < -0.39 is 33.9 Å². The van der Waals surface area contributed by atoms with Gasteiger partial charge in [-0.2, -0.15) is 5.06 Å². The summed E-state index contributed by atoms with van der Waals surface area (Å²) in [7, 11) is -1.58. The second-order valence-electron chi connectivity index (χ2n) is 6.43. The van der Waals surface area contributed by atoms with E-state index in [4.69, 9.17) is 14.3 Å². The molecule has 130 valence electrons. The Kier molecular flexibility index (Phi) is 3.99. The van der Waals surface area contributed by atoms with E-state index in [-0.39, 0.29) is 6.04 Å². The summed E-state index contributed by atoms with van der Waals surface area (Å²) in [6, 6.07) is 7.21. The number of benzene rings is 1. The molecule has 1 aromatic carbocycles. The van der Waals surface area contributed by atoms with Gasteiger partial charge in [0.1, 0.15) is 0 Å². The molecule has 0 saturated carbocycles. The van der Waals surface area contributed by atoms with Crippen LogP contribution in [0.4, 0.5) is 0 Å². The number of ether oxygens (including phenoxy) is 2. The summed E-state index contributed by atoms with van der Waals surface area (Å²) in [5, 5.41) is 1.81. The number of rotatable bonds is 4. The molecule has 3 saturated heterocycles. The van der Waals surface area contributed by atoms with E-state index in [2.05, 4.69) is 0 Å². The largest absolute Gasteiger partial charge is 0.431 e. The minimum atomic E-state index is -1.58. The molecule has 3 fully saturated rings. The lowest BCUT2D eigenvalue weighted by Gasteiger charge is -2.27. The second-order valence-corrected chi connectivity index (χ2v) is 8.11. The average Bonchev–Trinajstić information content (AvgIpc) is 3.20. The zero-order valence-corrected chi connectivity index (χ0v) is 14.6. The van der Waals surface area contributed by atoms with Crippen molar-refractivity contribution in [2.45, 2.75) is 54.8 Å². The summed E-state index contributed by atoms with van der Waals surface area (Å²) in [5.74, 6) is -0.473. The summed E-state index contributed by atoms with van der Waals surface area (Å²) in [5.41, 5.74) is 1.08. The number of hydrogen-bond donors (Lipinski definition) is 0. The van der Waals surface area contributed by atoms with Gasteiger partial charge in [-0.3, -0.25) is 13.8 Å². The first-order valence-corrected chi connectivity index (χ1v) is 9.48. The Morgan fingerprint density at radius 3 is 2.83 bits per heavy atom. The van der Waals surface area contributed by atoms with E-state index in [1.807, 2.05) is 43.2 Å². The summed E-state index contributed by atoms with van der Waals surface area (Å²) < 4.78 is 23.3. The molecule has 3 aliphatic heterocycles. The number of nitrogens with zero attached hydrogens (tertiary/aromatic N) is 1. The zero-order valence-electron chi connectivity index (χ0n) is 13.8. The van der Waals surface area contributed by atoms with Crippen molar-refractivity contribution in [3.05, 3.63) is 29.8 Å². The monoisotopic (exact) mass is 351 g/mol. The Bertz CT molecular complexity index is 678. The van der Waals surface area contributed by atoms with Gasteiger partial charge >= 0.3 is 5.97 Å². The van der Waals surface area contributed by atoms with Gasteiger partial charge in [0.2, 0.25) is 6.29 Å². The first-order chi connectivity index (χ1) is 11.6. The normalized spacial score (nSPS) is 36.4. The van der Waals surface area contributed by atoms with Crippen molar-refractivity contribution < 1.29 is 23.3 Å². The quantitative estimate of drug-likeness (QED) is 0.767. The van der Waals surface area contributed by atoms with E-state index in [1.165, 1.54) is 0 Å². The van der Waals surface area contributed by atoms with Crippen molar-refractivity contribution in [2.75, 3.05) is 13.2 Å². The van der Waals surface area contributed by atoms with Crippen LogP contribution in [0.15, 0.2) is 29.2 Å². The maximum Gasteiger partial charge on any atom is 0.332 e. The summed E-state index contributed by atoms with van der Waals surface area (Å²) >= 11 is 0. The Morgan fingerprint density at radius 1 is 1.38 bits per heavy atom. The van der Waals surface area contributed by atoms with Crippen LogP contribution in [-0.2, 0) is 29.9 Å². The minimum absolute atomic E-state index is 0.234. The van der Waals surface area contributed by atoms with Crippen molar-refractivity contribution in [2.24, 2.45) is 0 Å². The van der Waals surface area contributed by atoms with Crippen LogP contribution in [-0.4, -0.2) is 51.6 Å². The number of fused-ring (bicyclic) bond motifs is 3. The third-order valence-corrected chi connectivity index (χ3v) is 7.02. The highest BCUT2D eigenvalue weighted by molar-refractivity contribution is 7.87. The lowest BCUT2D eigenvalue weighted by molar-refractivity contribution is -0.226. The van der Waals surface area contributed by atoms with Gasteiger partial charge in [0.05, 0.1) is 16.8 Å². The van der Waals surface area contributed by atoms with Gasteiger partial charge in [0.25, 0.3) is 0 Å². The zero-order chi connectivity index (χ0) is 16.9. The van der Waals surface area contributed by atoms with Crippen LogP contribution >= 0.6 is 0 Å². The van der Waals surface area contributed by atoms with Crippen LogP contribution in [0.5, 0.6) is 0 Å². The topological polar surface area (TPSA) is 65.1 Å². The third kappa shape index (κ3) is 2.12. The van der Waals surface area contributed by atoms with Gasteiger partial charge < -0.3 is 9.47 Å². The maximum atomic E-state index is 13.5. The van der Waals surface area contributed by atoms with Crippen molar-refractivity contribution in [3.8, 4) is 0 Å². The molecule has 1 aromatic rings. The molecule has 6 nitrogen and oxygen atoms in total. The number of hydrogen-bond acceptors (Lipinski definition) is 6. The van der Waals surface area contributed by atoms with E-state index in [0.29, 0.717) is 11.5 Å². The number of hydroxylamine groups is 2. The number of carbonyl (C=O) groups is 1. The van der Waals surface area contributed by atoms with Crippen LogP contribution in [0.25, 0.3) is 0 Å². The minimum Gasteiger partial charge on any atom is -0.431 e. The highest BCUT2D eigenvalue weighted by Gasteiger charge is 2.73. The molecule has 0 aromatic heterocycles. The summed E-state index contributed by atoms with van der Waals surface area (Å²) in [6.45, 7) is 4.94. The van der Waals surface area contributed by atoms with E-state index in [1.54, 1.807) is 0 Å². The fraction of sp³-hybridized carbons (Fsp3) is 0.588. The van der Waals surface area contributed by atoms with Crippen LogP contribution in [0, 0.1) is 6.92 Å². The summed E-state index contributed by atoms with van der Waals surface area (Å²) in [6.07, 6.45) is 0.207.